The Morgan fingerprint density at radius 3 is 2.67 bits per heavy atom. The number of amides is 1. The number of carbonyl (C=O) groups excluding carboxylic acids is 2. The number of fused-ring (bicyclic) bond motifs is 1. The summed E-state index contributed by atoms with van der Waals surface area (Å²) in [5, 5.41) is 4.38. The minimum absolute atomic E-state index is 0.191. The highest BCUT2D eigenvalue weighted by Gasteiger charge is 2.28. The molecule has 208 valence electrons. The van der Waals surface area contributed by atoms with Crippen LogP contribution in [0.25, 0.3) is 10.9 Å². The Kier molecular flexibility index (Phi) is 9.17. The van der Waals surface area contributed by atoms with Crippen molar-refractivity contribution in [1.82, 2.24) is 10.3 Å². The van der Waals surface area contributed by atoms with E-state index in [2.05, 4.69) is 21.2 Å². The normalized spacial score (nSPS) is 16.4. The van der Waals surface area contributed by atoms with Crippen molar-refractivity contribution in [1.29, 1.82) is 0 Å². The van der Waals surface area contributed by atoms with Gasteiger partial charge in [-0.3, -0.25) is 9.59 Å². The van der Waals surface area contributed by atoms with Crippen LogP contribution in [0.15, 0.2) is 46.9 Å². The molecule has 0 radical (unpaired) electrons. The summed E-state index contributed by atoms with van der Waals surface area (Å²) in [6, 6.07) is 13.1. The summed E-state index contributed by atoms with van der Waals surface area (Å²) in [7, 11) is 0. The highest BCUT2D eigenvalue weighted by molar-refractivity contribution is 9.10. The van der Waals surface area contributed by atoms with E-state index in [0.29, 0.717) is 52.3 Å². The maximum atomic E-state index is 14.0. The van der Waals surface area contributed by atoms with Gasteiger partial charge < -0.3 is 15.0 Å². The molecule has 0 spiro atoms. The van der Waals surface area contributed by atoms with Crippen LogP contribution >= 0.6 is 27.5 Å². The molecule has 1 unspecified atom stereocenters. The second-order valence-corrected chi connectivity index (χ2v) is 12.3. The molecule has 39 heavy (non-hydrogen) atoms. The lowest BCUT2D eigenvalue weighted by Gasteiger charge is -2.24. The number of nitrogens with zero attached hydrogens (tertiary/aromatic N) is 2. The van der Waals surface area contributed by atoms with E-state index in [-0.39, 0.29) is 37.3 Å². The summed E-state index contributed by atoms with van der Waals surface area (Å²) in [6.45, 7) is 8.44. The smallest absolute Gasteiger partial charge is 0.306 e. The van der Waals surface area contributed by atoms with Crippen LogP contribution in [-0.2, 0) is 9.53 Å². The number of rotatable bonds is 8. The molecule has 0 aliphatic carbocycles. The molecule has 6 nitrogen and oxygen atoms in total. The van der Waals surface area contributed by atoms with Gasteiger partial charge in [0.05, 0.1) is 17.6 Å². The SMILES string of the molecule is Cc1c(N2CC[C@@H](F)C2)nc2ccc(Br)cc2c1C(=O)NCC(CCC(=O)OC(C)(C)C)c1ccccc1Cl. The van der Waals surface area contributed by atoms with Gasteiger partial charge in [0.25, 0.3) is 5.91 Å². The third-order valence-corrected chi connectivity index (χ3v) is 7.63. The summed E-state index contributed by atoms with van der Waals surface area (Å²) in [6.07, 6.45) is 0.178. The Bertz CT molecular complexity index is 1380. The van der Waals surface area contributed by atoms with E-state index in [1.165, 1.54) is 0 Å². The van der Waals surface area contributed by atoms with Crippen LogP contribution in [-0.4, -0.2) is 48.3 Å². The summed E-state index contributed by atoms with van der Waals surface area (Å²) in [5.41, 5.74) is 2.15. The average molecular weight is 619 g/mol. The van der Waals surface area contributed by atoms with E-state index >= 15 is 0 Å². The lowest BCUT2D eigenvalue weighted by molar-refractivity contribution is -0.155. The zero-order valence-corrected chi connectivity index (χ0v) is 25.0. The largest absolute Gasteiger partial charge is 0.460 e. The number of carbonyl (C=O) groups is 2. The third kappa shape index (κ3) is 7.28. The Morgan fingerprint density at radius 2 is 2.00 bits per heavy atom. The summed E-state index contributed by atoms with van der Waals surface area (Å²) in [5.74, 6) is -0.138. The van der Waals surface area contributed by atoms with Gasteiger partial charge in [-0.05, 0) is 70.4 Å². The van der Waals surface area contributed by atoms with Gasteiger partial charge in [0, 0.05) is 45.9 Å². The van der Waals surface area contributed by atoms with Crippen LogP contribution < -0.4 is 10.2 Å². The van der Waals surface area contributed by atoms with Gasteiger partial charge >= 0.3 is 5.97 Å². The van der Waals surface area contributed by atoms with Crippen LogP contribution in [0, 0.1) is 6.92 Å². The van der Waals surface area contributed by atoms with E-state index in [9.17, 15) is 14.0 Å². The molecule has 2 heterocycles. The Labute approximate surface area is 242 Å². The fraction of sp³-hybridized carbons (Fsp3) is 0.433. The van der Waals surface area contributed by atoms with Gasteiger partial charge in [0.15, 0.2) is 0 Å². The zero-order chi connectivity index (χ0) is 28.3. The molecule has 1 aliphatic rings. The van der Waals surface area contributed by atoms with E-state index in [0.717, 1.165) is 10.0 Å². The first-order valence-corrected chi connectivity index (χ1v) is 14.3. The van der Waals surface area contributed by atoms with E-state index < -0.39 is 11.8 Å². The first-order valence-electron chi connectivity index (χ1n) is 13.2. The van der Waals surface area contributed by atoms with Gasteiger partial charge in [0.2, 0.25) is 0 Å². The first-order chi connectivity index (χ1) is 18.4. The van der Waals surface area contributed by atoms with Gasteiger partial charge in [-0.25, -0.2) is 9.37 Å². The van der Waals surface area contributed by atoms with Crippen molar-refractivity contribution in [3.63, 3.8) is 0 Å². The second-order valence-electron chi connectivity index (χ2n) is 11.0. The van der Waals surface area contributed by atoms with Gasteiger partial charge in [0.1, 0.15) is 17.6 Å². The maximum Gasteiger partial charge on any atom is 0.306 e. The highest BCUT2D eigenvalue weighted by Crippen LogP contribution is 2.33. The van der Waals surface area contributed by atoms with Crippen molar-refractivity contribution in [2.45, 2.75) is 64.6 Å². The van der Waals surface area contributed by atoms with Crippen LogP contribution in [0.1, 0.15) is 67.4 Å². The molecule has 9 heteroatoms. The second kappa shape index (κ2) is 12.2. The Hall–Kier alpha value is -2.71. The molecule has 0 bridgehead atoms. The fourth-order valence-electron chi connectivity index (χ4n) is 4.99. The Balaban J connectivity index is 1.62. The molecule has 1 aliphatic heterocycles. The van der Waals surface area contributed by atoms with Gasteiger partial charge in [-0.1, -0.05) is 45.7 Å². The topological polar surface area (TPSA) is 71.5 Å². The van der Waals surface area contributed by atoms with Crippen molar-refractivity contribution in [2.75, 3.05) is 24.5 Å². The number of anilines is 1. The van der Waals surface area contributed by atoms with E-state index in [4.69, 9.17) is 21.3 Å². The number of hydrogen-bond donors (Lipinski definition) is 1. The number of pyridine rings is 1. The molecule has 1 fully saturated rings. The van der Waals surface area contributed by atoms with Crippen molar-refractivity contribution in [3.05, 3.63) is 68.7 Å². The minimum atomic E-state index is -0.912. The molecule has 4 rings (SSSR count). The number of benzene rings is 2. The number of halogens is 3. The van der Waals surface area contributed by atoms with Crippen molar-refractivity contribution in [3.8, 4) is 0 Å². The number of esters is 1. The molecule has 0 saturated carbocycles. The standard InChI is InChI=1S/C30H34BrClFN3O3/c1-18-27(23-15-20(31)10-11-25(23)35-28(18)36-14-13-21(33)17-36)29(38)34-16-19(22-7-5-6-8-24(22)32)9-12-26(37)39-30(2,3)4/h5-8,10-11,15,19,21H,9,12-14,16-17H2,1-4H3,(H,34,38)/t19?,21-/m1/s1. The molecule has 1 amide bonds. The zero-order valence-electron chi connectivity index (χ0n) is 22.7. The first kappa shape index (κ1) is 29.3. The van der Waals surface area contributed by atoms with Gasteiger partial charge in [-0.15, -0.1) is 0 Å². The molecule has 1 aromatic heterocycles. The number of nitrogens with one attached hydrogen (secondary N) is 1. The predicted octanol–water partition coefficient (Wildman–Crippen LogP) is 7.14. The van der Waals surface area contributed by atoms with Gasteiger partial charge in [-0.2, -0.15) is 0 Å². The monoisotopic (exact) mass is 617 g/mol. The number of alkyl halides is 1. The number of aromatic nitrogens is 1. The summed E-state index contributed by atoms with van der Waals surface area (Å²) >= 11 is 10.0. The number of ether oxygens (including phenoxy) is 1. The predicted molar refractivity (Wildman–Crippen MR) is 158 cm³/mol. The van der Waals surface area contributed by atoms with Crippen molar-refractivity contribution < 1.29 is 18.7 Å². The molecule has 2 atom stereocenters. The van der Waals surface area contributed by atoms with Crippen LogP contribution in [0.5, 0.6) is 0 Å². The molecule has 1 N–H and O–H groups in total. The average Bonchev–Trinajstić information content (AvgIpc) is 3.29. The lowest BCUT2D eigenvalue weighted by atomic mass is 9.93. The quantitative estimate of drug-likeness (QED) is 0.272. The summed E-state index contributed by atoms with van der Waals surface area (Å²) in [4.78, 5) is 33.0. The molecular weight excluding hydrogens is 585 g/mol. The Morgan fingerprint density at radius 1 is 1.26 bits per heavy atom. The van der Waals surface area contributed by atoms with E-state index in [1.54, 1.807) is 6.07 Å². The molecular formula is C30H34BrClFN3O3. The highest BCUT2D eigenvalue weighted by atomic mass is 79.9. The van der Waals surface area contributed by atoms with E-state index in [1.807, 2.05) is 69.0 Å². The number of hydrogen-bond acceptors (Lipinski definition) is 5. The fourth-order valence-corrected chi connectivity index (χ4v) is 5.64. The lowest BCUT2D eigenvalue weighted by Crippen LogP contribution is -2.31. The van der Waals surface area contributed by atoms with Crippen molar-refractivity contribution in [2.24, 2.45) is 0 Å². The van der Waals surface area contributed by atoms with Crippen molar-refractivity contribution >= 4 is 56.1 Å². The third-order valence-electron chi connectivity index (χ3n) is 6.79. The maximum absolute atomic E-state index is 14.0. The molecule has 3 aromatic rings. The van der Waals surface area contributed by atoms with Crippen LogP contribution in [0.4, 0.5) is 10.2 Å². The molecule has 2 aromatic carbocycles. The summed E-state index contributed by atoms with van der Waals surface area (Å²) < 4.78 is 20.4. The molecule has 1 saturated heterocycles. The van der Waals surface area contributed by atoms with Crippen LogP contribution in [0.3, 0.4) is 0 Å². The minimum Gasteiger partial charge on any atom is -0.460 e. The van der Waals surface area contributed by atoms with Crippen LogP contribution in [0.2, 0.25) is 5.02 Å².